The third-order valence-electron chi connectivity index (χ3n) is 5.32. The summed E-state index contributed by atoms with van der Waals surface area (Å²) in [5, 5.41) is 5.74. The van der Waals surface area contributed by atoms with Crippen molar-refractivity contribution in [2.75, 3.05) is 6.61 Å². The van der Waals surface area contributed by atoms with Gasteiger partial charge in [0.25, 0.3) is 0 Å². The Kier molecular flexibility index (Phi) is 4.32. The number of hydrogen-bond acceptors (Lipinski definition) is 5. The molecule has 148 valence electrons. The molecule has 1 aromatic heterocycles. The number of ketones is 1. The number of nitrogens with zero attached hydrogens (tertiary/aromatic N) is 2. The molecule has 2 heterocycles. The highest BCUT2D eigenvalue weighted by Gasteiger charge is 2.29. The van der Waals surface area contributed by atoms with Crippen molar-refractivity contribution in [3.05, 3.63) is 77.9 Å². The molecule has 6 heteroatoms. The van der Waals surface area contributed by atoms with Crippen LogP contribution in [0, 0.1) is 0 Å². The fourth-order valence-corrected chi connectivity index (χ4v) is 3.93. The van der Waals surface area contributed by atoms with Crippen LogP contribution in [-0.2, 0) is 11.4 Å². The second-order valence-corrected chi connectivity index (χ2v) is 7.00. The molecule has 0 spiro atoms. The maximum atomic E-state index is 13.0. The van der Waals surface area contributed by atoms with E-state index in [4.69, 9.17) is 9.57 Å². The maximum absolute atomic E-state index is 13.0. The number of ether oxygens (including phenoxy) is 1. The van der Waals surface area contributed by atoms with Crippen molar-refractivity contribution < 1.29 is 19.2 Å². The van der Waals surface area contributed by atoms with Gasteiger partial charge in [-0.05, 0) is 37.3 Å². The molecular weight excluding hydrogens is 380 g/mol. The summed E-state index contributed by atoms with van der Waals surface area (Å²) in [6.45, 7) is 2.83. The first-order valence-corrected chi connectivity index (χ1v) is 9.73. The van der Waals surface area contributed by atoms with Crippen LogP contribution in [0.25, 0.3) is 21.8 Å². The van der Waals surface area contributed by atoms with Gasteiger partial charge in [-0.2, -0.15) is 0 Å². The van der Waals surface area contributed by atoms with E-state index in [0.717, 1.165) is 28.4 Å². The van der Waals surface area contributed by atoms with Gasteiger partial charge in [-0.1, -0.05) is 41.6 Å². The van der Waals surface area contributed by atoms with Crippen LogP contribution in [-0.4, -0.2) is 28.6 Å². The molecule has 6 nitrogen and oxygen atoms in total. The van der Waals surface area contributed by atoms with Gasteiger partial charge in [-0.15, -0.1) is 0 Å². The minimum absolute atomic E-state index is 0.0569. The van der Waals surface area contributed by atoms with Crippen LogP contribution < -0.4 is 4.74 Å². The van der Waals surface area contributed by atoms with Crippen LogP contribution in [0.1, 0.15) is 27.6 Å². The van der Waals surface area contributed by atoms with Crippen LogP contribution >= 0.6 is 0 Å². The van der Waals surface area contributed by atoms with Crippen LogP contribution in [0.3, 0.4) is 0 Å². The quantitative estimate of drug-likeness (QED) is 0.373. The van der Waals surface area contributed by atoms with Gasteiger partial charge in [0, 0.05) is 17.4 Å². The highest BCUT2D eigenvalue weighted by molar-refractivity contribution is 6.48. The van der Waals surface area contributed by atoms with Crippen molar-refractivity contribution in [2.45, 2.75) is 13.5 Å². The number of rotatable bonds is 3. The molecule has 1 aliphatic rings. The highest BCUT2D eigenvalue weighted by Crippen LogP contribution is 2.39. The summed E-state index contributed by atoms with van der Waals surface area (Å²) in [6, 6.07) is 20.2. The molecule has 3 aromatic carbocycles. The predicted molar refractivity (Wildman–Crippen MR) is 114 cm³/mol. The van der Waals surface area contributed by atoms with E-state index < -0.39 is 5.97 Å². The minimum atomic E-state index is -0.622. The Morgan fingerprint density at radius 2 is 1.80 bits per heavy atom. The molecule has 0 bridgehead atoms. The molecule has 0 unspecified atom stereocenters. The van der Waals surface area contributed by atoms with E-state index in [1.165, 1.54) is 0 Å². The zero-order chi connectivity index (χ0) is 20.7. The van der Waals surface area contributed by atoms with Gasteiger partial charge >= 0.3 is 5.97 Å². The third kappa shape index (κ3) is 2.76. The Balaban J connectivity index is 1.54. The molecule has 0 atom stereocenters. The highest BCUT2D eigenvalue weighted by atomic mass is 16.7. The number of oxime groups is 1. The van der Waals surface area contributed by atoms with Crippen molar-refractivity contribution in [1.82, 2.24) is 4.57 Å². The predicted octanol–water partition coefficient (Wildman–Crippen LogP) is 4.60. The smallest absolute Gasteiger partial charge is 0.365 e. The van der Waals surface area contributed by atoms with Gasteiger partial charge < -0.3 is 14.1 Å². The molecule has 0 saturated heterocycles. The van der Waals surface area contributed by atoms with Crippen molar-refractivity contribution >= 4 is 39.3 Å². The SMILES string of the molecule is CCn1c2ccccc2c2c3c(ccc21)C(=O)/C(=N/OC(=O)c1ccccc1)CO3. The lowest BCUT2D eigenvalue weighted by Crippen LogP contribution is -2.28. The first-order chi connectivity index (χ1) is 14.7. The lowest BCUT2D eigenvalue weighted by Gasteiger charge is -2.18. The van der Waals surface area contributed by atoms with Crippen molar-refractivity contribution in [2.24, 2.45) is 5.16 Å². The van der Waals surface area contributed by atoms with E-state index >= 15 is 0 Å². The zero-order valence-corrected chi connectivity index (χ0v) is 16.3. The average molecular weight is 398 g/mol. The Bertz CT molecular complexity index is 1340. The molecular formula is C24H18N2O4. The van der Waals surface area contributed by atoms with Gasteiger partial charge in [-0.3, -0.25) is 4.79 Å². The Labute approximate surface area is 172 Å². The number of aromatic nitrogens is 1. The maximum Gasteiger partial charge on any atom is 0.365 e. The molecule has 0 N–H and O–H groups in total. The van der Waals surface area contributed by atoms with Crippen molar-refractivity contribution in [3.63, 3.8) is 0 Å². The van der Waals surface area contributed by atoms with Crippen LogP contribution in [0.2, 0.25) is 0 Å². The van der Waals surface area contributed by atoms with Gasteiger partial charge in [0.2, 0.25) is 5.78 Å². The first kappa shape index (κ1) is 18.1. The van der Waals surface area contributed by atoms with Crippen molar-refractivity contribution in [1.29, 1.82) is 0 Å². The number of benzene rings is 3. The number of carbonyl (C=O) groups excluding carboxylic acids is 2. The van der Waals surface area contributed by atoms with Crippen LogP contribution in [0.5, 0.6) is 5.75 Å². The molecule has 0 fully saturated rings. The number of Topliss-reactive ketones (excluding diaryl/α,β-unsaturated/α-hetero) is 1. The largest absolute Gasteiger partial charge is 0.485 e. The van der Waals surface area contributed by atoms with E-state index in [1.807, 2.05) is 24.3 Å². The molecule has 0 amide bonds. The minimum Gasteiger partial charge on any atom is -0.485 e. The number of aryl methyl sites for hydroxylation is 1. The lowest BCUT2D eigenvalue weighted by atomic mass is 10.00. The summed E-state index contributed by atoms with van der Waals surface area (Å²) in [5.74, 6) is -0.371. The van der Waals surface area contributed by atoms with Gasteiger partial charge in [0.05, 0.1) is 22.0 Å². The van der Waals surface area contributed by atoms with Gasteiger partial charge in [0.1, 0.15) is 12.4 Å². The molecule has 5 rings (SSSR count). The van der Waals surface area contributed by atoms with Gasteiger partial charge in [0.15, 0.2) is 5.71 Å². The molecule has 1 aliphatic heterocycles. The summed E-state index contributed by atoms with van der Waals surface area (Å²) in [5.41, 5.74) is 2.95. The number of carbonyl (C=O) groups is 2. The Morgan fingerprint density at radius 3 is 2.60 bits per heavy atom. The summed E-state index contributed by atoms with van der Waals surface area (Å²) in [4.78, 5) is 30.1. The molecule has 4 aromatic rings. The van der Waals surface area contributed by atoms with E-state index in [1.54, 1.807) is 36.4 Å². The van der Waals surface area contributed by atoms with E-state index in [0.29, 0.717) is 16.9 Å². The van der Waals surface area contributed by atoms with Crippen LogP contribution in [0.15, 0.2) is 71.9 Å². The van der Waals surface area contributed by atoms with Gasteiger partial charge in [-0.25, -0.2) is 4.79 Å². The summed E-state index contributed by atoms with van der Waals surface area (Å²) in [7, 11) is 0. The summed E-state index contributed by atoms with van der Waals surface area (Å²) in [6.07, 6.45) is 0. The Hall–Kier alpha value is -3.93. The second-order valence-electron chi connectivity index (χ2n) is 7.00. The summed E-state index contributed by atoms with van der Waals surface area (Å²) < 4.78 is 8.17. The number of para-hydroxylation sites is 1. The summed E-state index contributed by atoms with van der Waals surface area (Å²) >= 11 is 0. The molecule has 30 heavy (non-hydrogen) atoms. The number of fused-ring (bicyclic) bond motifs is 5. The normalized spacial score (nSPS) is 14.7. The first-order valence-electron chi connectivity index (χ1n) is 9.73. The second kappa shape index (κ2) is 7.15. The average Bonchev–Trinajstić information content (AvgIpc) is 3.13. The fourth-order valence-electron chi connectivity index (χ4n) is 3.93. The Morgan fingerprint density at radius 1 is 1.03 bits per heavy atom. The molecule has 0 saturated carbocycles. The molecule has 0 radical (unpaired) electrons. The van der Waals surface area contributed by atoms with E-state index in [9.17, 15) is 9.59 Å². The van der Waals surface area contributed by atoms with E-state index in [2.05, 4.69) is 22.7 Å². The zero-order valence-electron chi connectivity index (χ0n) is 16.3. The third-order valence-corrected chi connectivity index (χ3v) is 5.32. The van der Waals surface area contributed by atoms with E-state index in [-0.39, 0.29) is 18.1 Å². The van der Waals surface area contributed by atoms with Crippen LogP contribution in [0.4, 0.5) is 0 Å². The number of hydrogen-bond donors (Lipinski definition) is 0. The molecule has 0 aliphatic carbocycles. The lowest BCUT2D eigenvalue weighted by molar-refractivity contribution is 0.0513. The monoisotopic (exact) mass is 398 g/mol. The topological polar surface area (TPSA) is 69.9 Å². The fraction of sp³-hybridized carbons (Fsp3) is 0.125. The van der Waals surface area contributed by atoms with Crippen molar-refractivity contribution in [3.8, 4) is 5.75 Å². The standard InChI is InChI=1S/C24H18N2O4/c1-2-26-19-11-7-6-10-16(19)21-20(26)13-12-17-22(27)18(14-29-23(17)21)25-30-24(28)15-8-4-3-5-9-15/h3-13H,2,14H2,1H3/b25-18+.